The highest BCUT2D eigenvalue weighted by atomic mass is 16.2. The Labute approximate surface area is 93.3 Å². The number of nitrogens with one attached hydrogen (secondary N) is 2. The molecule has 0 bridgehead atoms. The maximum absolute atomic E-state index is 11.5. The lowest BCUT2D eigenvalue weighted by molar-refractivity contribution is -0.122. The summed E-state index contributed by atoms with van der Waals surface area (Å²) in [4.78, 5) is 11.5. The molecule has 0 aliphatic heterocycles. The van der Waals surface area contributed by atoms with Crippen molar-refractivity contribution in [2.45, 2.75) is 39.7 Å². The summed E-state index contributed by atoms with van der Waals surface area (Å²) >= 11 is 0. The summed E-state index contributed by atoms with van der Waals surface area (Å²) in [6.45, 7) is 11.3. The maximum Gasteiger partial charge on any atom is 0.236 e. The monoisotopic (exact) mass is 212 g/mol. The van der Waals surface area contributed by atoms with Crippen LogP contribution < -0.4 is 10.6 Å². The lowest BCUT2D eigenvalue weighted by Gasteiger charge is -2.14. The number of allylic oxidation sites excluding steroid dienone is 1. The van der Waals surface area contributed by atoms with E-state index >= 15 is 0 Å². The van der Waals surface area contributed by atoms with Gasteiger partial charge in [-0.15, -0.1) is 6.58 Å². The third kappa shape index (κ3) is 8.18. The summed E-state index contributed by atoms with van der Waals surface area (Å²) < 4.78 is 0. The fraction of sp³-hybridized carbons (Fsp3) is 0.750. The van der Waals surface area contributed by atoms with Crippen LogP contribution in [-0.2, 0) is 4.79 Å². The number of rotatable bonds is 8. The van der Waals surface area contributed by atoms with Gasteiger partial charge < -0.3 is 10.6 Å². The van der Waals surface area contributed by atoms with Gasteiger partial charge in [0.25, 0.3) is 0 Å². The summed E-state index contributed by atoms with van der Waals surface area (Å²) in [6.07, 6.45) is 3.92. The van der Waals surface area contributed by atoms with Crippen LogP contribution in [0.4, 0.5) is 0 Å². The Morgan fingerprint density at radius 2 is 2.07 bits per heavy atom. The molecule has 3 heteroatoms. The number of amides is 1. The van der Waals surface area contributed by atoms with Crippen LogP contribution >= 0.6 is 0 Å². The van der Waals surface area contributed by atoms with Crippen LogP contribution in [0.5, 0.6) is 0 Å². The standard InChI is InChI=1S/C12H24N2O/c1-5-6-7-8-13-11(4)12(15)14-9-10(2)3/h5,10-11,13H,1,6-9H2,2-4H3,(H,14,15). The number of unbranched alkanes of at least 4 members (excludes halogenated alkanes) is 1. The molecule has 88 valence electrons. The fourth-order valence-electron chi connectivity index (χ4n) is 1.12. The molecule has 1 amide bonds. The van der Waals surface area contributed by atoms with Crippen molar-refractivity contribution < 1.29 is 4.79 Å². The van der Waals surface area contributed by atoms with Gasteiger partial charge >= 0.3 is 0 Å². The van der Waals surface area contributed by atoms with E-state index in [-0.39, 0.29) is 11.9 Å². The van der Waals surface area contributed by atoms with Crippen molar-refractivity contribution in [1.29, 1.82) is 0 Å². The Hall–Kier alpha value is -0.830. The molecule has 0 aliphatic rings. The van der Waals surface area contributed by atoms with Gasteiger partial charge in [-0.2, -0.15) is 0 Å². The summed E-state index contributed by atoms with van der Waals surface area (Å²) in [5.41, 5.74) is 0. The minimum atomic E-state index is -0.103. The van der Waals surface area contributed by atoms with Gasteiger partial charge in [0.1, 0.15) is 0 Å². The van der Waals surface area contributed by atoms with Gasteiger partial charge in [-0.05, 0) is 32.2 Å². The molecule has 0 aliphatic carbocycles. The molecule has 3 nitrogen and oxygen atoms in total. The molecule has 15 heavy (non-hydrogen) atoms. The van der Waals surface area contributed by atoms with Crippen molar-refractivity contribution in [2.75, 3.05) is 13.1 Å². The average molecular weight is 212 g/mol. The molecule has 0 heterocycles. The molecule has 0 aromatic rings. The number of hydrogen-bond donors (Lipinski definition) is 2. The van der Waals surface area contributed by atoms with Gasteiger partial charge in [-0.1, -0.05) is 19.9 Å². The first-order chi connectivity index (χ1) is 7.07. The first-order valence-electron chi connectivity index (χ1n) is 5.70. The molecule has 0 aromatic carbocycles. The zero-order valence-corrected chi connectivity index (χ0v) is 10.2. The van der Waals surface area contributed by atoms with Crippen molar-refractivity contribution in [3.05, 3.63) is 12.7 Å². The molecule has 0 rings (SSSR count). The highest BCUT2D eigenvalue weighted by Gasteiger charge is 2.10. The second kappa shape index (κ2) is 8.48. The highest BCUT2D eigenvalue weighted by molar-refractivity contribution is 5.81. The normalized spacial score (nSPS) is 12.5. The zero-order chi connectivity index (χ0) is 11.7. The lowest BCUT2D eigenvalue weighted by Crippen LogP contribution is -2.43. The molecule has 1 unspecified atom stereocenters. The number of hydrogen-bond acceptors (Lipinski definition) is 2. The Balaban J connectivity index is 3.55. The third-order valence-electron chi connectivity index (χ3n) is 2.11. The first-order valence-corrected chi connectivity index (χ1v) is 5.70. The van der Waals surface area contributed by atoms with Gasteiger partial charge in [-0.3, -0.25) is 4.79 Å². The molecule has 0 saturated heterocycles. The largest absolute Gasteiger partial charge is 0.354 e. The maximum atomic E-state index is 11.5. The highest BCUT2D eigenvalue weighted by Crippen LogP contribution is 1.91. The van der Waals surface area contributed by atoms with E-state index in [1.165, 1.54) is 0 Å². The predicted octanol–water partition coefficient (Wildman–Crippen LogP) is 1.70. The Kier molecular flexibility index (Phi) is 8.01. The zero-order valence-electron chi connectivity index (χ0n) is 10.2. The van der Waals surface area contributed by atoms with Crippen LogP contribution in [0.15, 0.2) is 12.7 Å². The van der Waals surface area contributed by atoms with Crippen molar-refractivity contribution in [3.63, 3.8) is 0 Å². The van der Waals surface area contributed by atoms with E-state index < -0.39 is 0 Å². The molecular formula is C12H24N2O. The summed E-state index contributed by atoms with van der Waals surface area (Å²) in [5.74, 6) is 0.587. The molecule has 0 radical (unpaired) electrons. The quantitative estimate of drug-likeness (QED) is 0.475. The van der Waals surface area contributed by atoms with Gasteiger partial charge in [0.15, 0.2) is 0 Å². The molecule has 0 fully saturated rings. The second-order valence-corrected chi connectivity index (χ2v) is 4.25. The lowest BCUT2D eigenvalue weighted by atomic mass is 10.2. The minimum Gasteiger partial charge on any atom is -0.354 e. The van der Waals surface area contributed by atoms with E-state index in [2.05, 4.69) is 31.1 Å². The average Bonchev–Trinajstić information content (AvgIpc) is 2.20. The molecular weight excluding hydrogens is 188 g/mol. The topological polar surface area (TPSA) is 41.1 Å². The van der Waals surface area contributed by atoms with Crippen LogP contribution in [0.3, 0.4) is 0 Å². The Bertz CT molecular complexity index is 190. The molecule has 0 spiro atoms. The fourth-order valence-corrected chi connectivity index (χ4v) is 1.12. The van der Waals surface area contributed by atoms with Gasteiger partial charge in [-0.25, -0.2) is 0 Å². The molecule has 2 N–H and O–H groups in total. The van der Waals surface area contributed by atoms with Crippen LogP contribution in [0, 0.1) is 5.92 Å². The third-order valence-corrected chi connectivity index (χ3v) is 2.11. The number of carbonyl (C=O) groups is 1. The van der Waals surface area contributed by atoms with Crippen LogP contribution in [0.2, 0.25) is 0 Å². The van der Waals surface area contributed by atoms with Gasteiger partial charge in [0, 0.05) is 6.54 Å². The van der Waals surface area contributed by atoms with E-state index in [0.717, 1.165) is 25.9 Å². The van der Waals surface area contributed by atoms with Gasteiger partial charge in [0.05, 0.1) is 6.04 Å². The van der Waals surface area contributed by atoms with Gasteiger partial charge in [0.2, 0.25) is 5.91 Å². The molecule has 1 atom stereocenters. The van der Waals surface area contributed by atoms with Crippen molar-refractivity contribution >= 4 is 5.91 Å². The van der Waals surface area contributed by atoms with E-state index in [0.29, 0.717) is 5.92 Å². The summed E-state index contributed by atoms with van der Waals surface area (Å²) in [6, 6.07) is -0.103. The van der Waals surface area contributed by atoms with E-state index in [9.17, 15) is 4.79 Å². The van der Waals surface area contributed by atoms with Crippen LogP contribution in [0.1, 0.15) is 33.6 Å². The Morgan fingerprint density at radius 1 is 1.40 bits per heavy atom. The van der Waals surface area contributed by atoms with E-state index in [1.54, 1.807) is 0 Å². The Morgan fingerprint density at radius 3 is 2.60 bits per heavy atom. The van der Waals surface area contributed by atoms with E-state index in [4.69, 9.17) is 0 Å². The van der Waals surface area contributed by atoms with Crippen molar-refractivity contribution in [2.24, 2.45) is 5.92 Å². The SMILES string of the molecule is C=CCCCNC(C)C(=O)NCC(C)C. The predicted molar refractivity (Wildman–Crippen MR) is 64.7 cm³/mol. The van der Waals surface area contributed by atoms with Crippen LogP contribution in [0.25, 0.3) is 0 Å². The second-order valence-electron chi connectivity index (χ2n) is 4.25. The van der Waals surface area contributed by atoms with Crippen molar-refractivity contribution in [3.8, 4) is 0 Å². The number of carbonyl (C=O) groups excluding carboxylic acids is 1. The smallest absolute Gasteiger partial charge is 0.236 e. The minimum absolute atomic E-state index is 0.0855. The van der Waals surface area contributed by atoms with E-state index in [1.807, 2.05) is 13.0 Å². The summed E-state index contributed by atoms with van der Waals surface area (Å²) in [5, 5.41) is 6.08. The first kappa shape index (κ1) is 14.2. The molecule has 0 saturated carbocycles. The van der Waals surface area contributed by atoms with Crippen LogP contribution in [-0.4, -0.2) is 25.0 Å². The molecule has 0 aromatic heterocycles. The van der Waals surface area contributed by atoms with Crippen molar-refractivity contribution in [1.82, 2.24) is 10.6 Å². The summed E-state index contributed by atoms with van der Waals surface area (Å²) in [7, 11) is 0.